The Morgan fingerprint density at radius 3 is 2.89 bits per heavy atom. The fourth-order valence-electron chi connectivity index (χ4n) is 3.09. The summed E-state index contributed by atoms with van der Waals surface area (Å²) in [6, 6.07) is 11.7. The highest BCUT2D eigenvalue weighted by Gasteiger charge is 2.30. The number of anilines is 2. The molecule has 2 amide bonds. The van der Waals surface area contributed by atoms with Crippen LogP contribution in [0.25, 0.3) is 10.2 Å². The molecule has 1 unspecified atom stereocenters. The van der Waals surface area contributed by atoms with Gasteiger partial charge < -0.3 is 15.4 Å². The Balaban J connectivity index is 1.45. The average Bonchev–Trinajstić information content (AvgIpc) is 3.03. The van der Waals surface area contributed by atoms with Gasteiger partial charge in [-0.1, -0.05) is 37.3 Å². The van der Waals surface area contributed by atoms with E-state index in [9.17, 15) is 9.59 Å². The van der Waals surface area contributed by atoms with Crippen molar-refractivity contribution in [3.05, 3.63) is 47.5 Å². The van der Waals surface area contributed by atoms with Crippen molar-refractivity contribution in [3.8, 4) is 5.75 Å². The van der Waals surface area contributed by atoms with Gasteiger partial charge >= 0.3 is 0 Å². The van der Waals surface area contributed by atoms with Crippen LogP contribution in [0.1, 0.15) is 37.3 Å². The molecule has 3 aromatic rings. The van der Waals surface area contributed by atoms with Gasteiger partial charge in [-0.25, -0.2) is 4.98 Å². The van der Waals surface area contributed by atoms with Gasteiger partial charge in [0, 0.05) is 0 Å². The van der Waals surface area contributed by atoms with Crippen molar-refractivity contribution in [1.82, 2.24) is 4.98 Å². The number of hydrogen-bond acceptors (Lipinski definition) is 5. The SMILES string of the molecule is Cc1ccc2c(c1)NC(=O)C(CC(=O)Nc1nc3ccc(C(C)C)cc3s1)O2. The highest BCUT2D eigenvalue weighted by molar-refractivity contribution is 7.22. The first-order valence-corrected chi connectivity index (χ1v) is 9.99. The first kappa shape index (κ1) is 18.4. The van der Waals surface area contributed by atoms with Crippen LogP contribution in [-0.2, 0) is 9.59 Å². The summed E-state index contributed by atoms with van der Waals surface area (Å²) < 4.78 is 6.74. The van der Waals surface area contributed by atoms with Gasteiger partial charge in [0.05, 0.1) is 22.3 Å². The van der Waals surface area contributed by atoms with Crippen LogP contribution in [0, 0.1) is 6.92 Å². The lowest BCUT2D eigenvalue weighted by atomic mass is 10.0. The molecule has 1 aliphatic rings. The maximum Gasteiger partial charge on any atom is 0.266 e. The van der Waals surface area contributed by atoms with Crippen molar-refractivity contribution in [2.24, 2.45) is 0 Å². The van der Waals surface area contributed by atoms with Crippen molar-refractivity contribution in [2.45, 2.75) is 39.2 Å². The molecule has 0 bridgehead atoms. The number of benzene rings is 2. The van der Waals surface area contributed by atoms with Crippen molar-refractivity contribution < 1.29 is 14.3 Å². The number of nitrogens with one attached hydrogen (secondary N) is 2. The first-order valence-electron chi connectivity index (χ1n) is 9.17. The molecule has 0 spiro atoms. The van der Waals surface area contributed by atoms with Gasteiger partial charge in [-0.05, 0) is 48.2 Å². The lowest BCUT2D eigenvalue weighted by Crippen LogP contribution is -2.39. The van der Waals surface area contributed by atoms with Gasteiger partial charge in [0.15, 0.2) is 11.2 Å². The van der Waals surface area contributed by atoms with Crippen LogP contribution in [0.3, 0.4) is 0 Å². The Labute approximate surface area is 166 Å². The molecule has 28 heavy (non-hydrogen) atoms. The number of aryl methyl sites for hydroxylation is 1. The van der Waals surface area contributed by atoms with E-state index >= 15 is 0 Å². The summed E-state index contributed by atoms with van der Waals surface area (Å²) in [6.45, 7) is 6.22. The van der Waals surface area contributed by atoms with Crippen LogP contribution in [0.5, 0.6) is 5.75 Å². The summed E-state index contributed by atoms with van der Waals surface area (Å²) in [6.07, 6.45) is -0.941. The number of aromatic nitrogens is 1. The Morgan fingerprint density at radius 1 is 1.29 bits per heavy atom. The Bertz CT molecular complexity index is 1070. The number of thiazole rings is 1. The van der Waals surface area contributed by atoms with E-state index in [-0.39, 0.29) is 18.2 Å². The minimum atomic E-state index is -0.864. The van der Waals surface area contributed by atoms with E-state index in [2.05, 4.69) is 41.6 Å². The molecular weight excluding hydrogens is 374 g/mol. The topological polar surface area (TPSA) is 80.3 Å². The van der Waals surface area contributed by atoms with E-state index in [0.717, 1.165) is 15.8 Å². The predicted octanol–water partition coefficient (Wildman–Crippen LogP) is 4.46. The van der Waals surface area contributed by atoms with E-state index in [1.54, 1.807) is 6.07 Å². The van der Waals surface area contributed by atoms with Crippen molar-refractivity contribution in [1.29, 1.82) is 0 Å². The Hall–Kier alpha value is -2.93. The van der Waals surface area contributed by atoms with Gasteiger partial charge in [0.2, 0.25) is 5.91 Å². The molecule has 0 saturated heterocycles. The predicted molar refractivity (Wildman–Crippen MR) is 111 cm³/mol. The molecule has 2 heterocycles. The summed E-state index contributed by atoms with van der Waals surface area (Å²) in [5.74, 6) is 0.375. The number of fused-ring (bicyclic) bond motifs is 2. The molecule has 0 radical (unpaired) electrons. The van der Waals surface area contributed by atoms with Crippen LogP contribution in [0.15, 0.2) is 36.4 Å². The zero-order valence-corrected chi connectivity index (χ0v) is 16.7. The lowest BCUT2D eigenvalue weighted by Gasteiger charge is -2.25. The number of nitrogens with zero attached hydrogens (tertiary/aromatic N) is 1. The first-order chi connectivity index (χ1) is 13.4. The van der Waals surface area contributed by atoms with Crippen LogP contribution in [0.2, 0.25) is 0 Å². The second-order valence-corrected chi connectivity index (χ2v) is 8.28. The van der Waals surface area contributed by atoms with Crippen molar-refractivity contribution in [2.75, 3.05) is 10.6 Å². The monoisotopic (exact) mass is 395 g/mol. The van der Waals surface area contributed by atoms with Gasteiger partial charge in [-0.3, -0.25) is 9.59 Å². The van der Waals surface area contributed by atoms with Gasteiger partial charge in [-0.2, -0.15) is 0 Å². The number of hydrogen-bond donors (Lipinski definition) is 2. The lowest BCUT2D eigenvalue weighted by molar-refractivity contribution is -0.128. The molecule has 6 nitrogen and oxygen atoms in total. The fourth-order valence-corrected chi connectivity index (χ4v) is 4.02. The fraction of sp³-hybridized carbons (Fsp3) is 0.286. The molecule has 2 aromatic carbocycles. The normalized spacial score (nSPS) is 15.9. The van der Waals surface area contributed by atoms with E-state index in [1.807, 2.05) is 25.1 Å². The van der Waals surface area contributed by atoms with Gasteiger partial charge in [-0.15, -0.1) is 0 Å². The molecule has 0 fully saturated rings. The minimum Gasteiger partial charge on any atom is -0.478 e. The molecule has 144 valence electrons. The number of rotatable bonds is 4. The second-order valence-electron chi connectivity index (χ2n) is 7.25. The van der Waals surface area contributed by atoms with Crippen LogP contribution in [-0.4, -0.2) is 22.9 Å². The largest absolute Gasteiger partial charge is 0.478 e. The quantitative estimate of drug-likeness (QED) is 0.684. The summed E-state index contributed by atoms with van der Waals surface area (Å²) in [4.78, 5) is 29.2. The zero-order chi connectivity index (χ0) is 19.8. The Kier molecular flexibility index (Phi) is 4.77. The maximum absolute atomic E-state index is 12.4. The van der Waals surface area contributed by atoms with Crippen LogP contribution in [0.4, 0.5) is 10.8 Å². The number of carbonyl (C=O) groups is 2. The van der Waals surface area contributed by atoms with Crippen LogP contribution >= 0.6 is 11.3 Å². The standard InChI is InChI=1S/C21H21N3O3S/c1-11(2)13-5-6-14-18(9-13)28-21(23-14)24-19(25)10-17-20(26)22-15-8-12(3)4-7-16(15)27-17/h4-9,11,17H,10H2,1-3H3,(H,22,26)(H,23,24,25). The minimum absolute atomic E-state index is 0.0771. The molecule has 1 aliphatic heterocycles. The Morgan fingerprint density at radius 2 is 2.11 bits per heavy atom. The summed E-state index contributed by atoms with van der Waals surface area (Å²) in [7, 11) is 0. The van der Waals surface area contributed by atoms with E-state index in [1.165, 1.54) is 16.9 Å². The maximum atomic E-state index is 12.4. The smallest absolute Gasteiger partial charge is 0.266 e. The third-order valence-corrected chi connectivity index (χ3v) is 5.58. The van der Waals surface area contributed by atoms with E-state index in [0.29, 0.717) is 22.5 Å². The number of ether oxygens (including phenoxy) is 1. The van der Waals surface area contributed by atoms with Crippen molar-refractivity contribution in [3.63, 3.8) is 0 Å². The van der Waals surface area contributed by atoms with E-state index < -0.39 is 6.10 Å². The highest BCUT2D eigenvalue weighted by atomic mass is 32.1. The number of carbonyl (C=O) groups excluding carboxylic acids is 2. The summed E-state index contributed by atoms with van der Waals surface area (Å²) in [5.41, 5.74) is 3.74. The van der Waals surface area contributed by atoms with Crippen LogP contribution < -0.4 is 15.4 Å². The molecule has 7 heteroatoms. The summed E-state index contributed by atoms with van der Waals surface area (Å²) >= 11 is 1.43. The van der Waals surface area contributed by atoms with Gasteiger partial charge in [0.25, 0.3) is 5.91 Å². The molecule has 0 aliphatic carbocycles. The third kappa shape index (κ3) is 3.71. The molecule has 1 atom stereocenters. The van der Waals surface area contributed by atoms with Crippen molar-refractivity contribution >= 4 is 44.2 Å². The third-order valence-electron chi connectivity index (χ3n) is 4.65. The van der Waals surface area contributed by atoms with E-state index in [4.69, 9.17) is 4.74 Å². The zero-order valence-electron chi connectivity index (χ0n) is 15.9. The average molecular weight is 395 g/mol. The number of amides is 2. The molecule has 0 saturated carbocycles. The highest BCUT2D eigenvalue weighted by Crippen LogP contribution is 2.32. The molecule has 2 N–H and O–H groups in total. The second kappa shape index (κ2) is 7.24. The molecule has 4 rings (SSSR count). The molecular formula is C21H21N3O3S. The van der Waals surface area contributed by atoms with Gasteiger partial charge in [0.1, 0.15) is 5.75 Å². The molecule has 1 aromatic heterocycles. The summed E-state index contributed by atoms with van der Waals surface area (Å²) in [5, 5.41) is 6.11.